The second-order valence-electron chi connectivity index (χ2n) is 9.18. The molecule has 1 fully saturated rings. The summed E-state index contributed by atoms with van der Waals surface area (Å²) in [6.45, 7) is 1.50. The highest BCUT2D eigenvalue weighted by molar-refractivity contribution is 5.97. The third kappa shape index (κ3) is 5.67. The molecular formula is C27H32N4O5. The summed E-state index contributed by atoms with van der Waals surface area (Å²) in [6, 6.07) is 14.4. The van der Waals surface area contributed by atoms with Crippen molar-refractivity contribution < 1.29 is 23.9 Å². The minimum Gasteiger partial charge on any atom is -0.494 e. The van der Waals surface area contributed by atoms with E-state index in [2.05, 4.69) is 6.07 Å². The number of rotatable bonds is 7. The second kappa shape index (κ2) is 11.2. The Balaban J connectivity index is 1.26. The van der Waals surface area contributed by atoms with Gasteiger partial charge in [0.15, 0.2) is 0 Å². The van der Waals surface area contributed by atoms with E-state index in [1.165, 1.54) is 12.6 Å². The number of carbonyl (C=O) groups excluding carboxylic acids is 4. The van der Waals surface area contributed by atoms with Gasteiger partial charge in [-0.15, -0.1) is 0 Å². The molecular weight excluding hydrogens is 460 g/mol. The highest BCUT2D eigenvalue weighted by atomic mass is 16.5. The van der Waals surface area contributed by atoms with Gasteiger partial charge >= 0.3 is 6.03 Å². The van der Waals surface area contributed by atoms with Crippen molar-refractivity contribution in [1.82, 2.24) is 9.80 Å². The first kappa shape index (κ1) is 25.2. The number of hydrogen-bond donors (Lipinski definition) is 1. The SMILES string of the molecule is CN(C(N)=O)C(=O)CCCOc1ccc(C(=O)N2CCC(N3C(=O)CCc4ccccc43)CC2)cc1. The molecule has 0 spiro atoms. The highest BCUT2D eigenvalue weighted by Gasteiger charge is 2.33. The van der Waals surface area contributed by atoms with Crippen molar-refractivity contribution in [2.75, 3.05) is 31.6 Å². The Morgan fingerprint density at radius 2 is 1.72 bits per heavy atom. The number of piperidine rings is 1. The first-order valence-corrected chi connectivity index (χ1v) is 12.3. The zero-order chi connectivity index (χ0) is 25.7. The Labute approximate surface area is 210 Å². The first-order valence-electron chi connectivity index (χ1n) is 12.3. The number of nitrogens with zero attached hydrogens (tertiary/aromatic N) is 3. The van der Waals surface area contributed by atoms with Crippen molar-refractivity contribution in [3.63, 3.8) is 0 Å². The number of ether oxygens (including phenoxy) is 1. The molecule has 2 aromatic carbocycles. The van der Waals surface area contributed by atoms with Crippen LogP contribution in [0, 0.1) is 0 Å². The topological polar surface area (TPSA) is 113 Å². The summed E-state index contributed by atoms with van der Waals surface area (Å²) in [4.78, 5) is 53.2. The molecule has 2 aromatic rings. The second-order valence-corrected chi connectivity index (χ2v) is 9.18. The van der Waals surface area contributed by atoms with E-state index in [4.69, 9.17) is 10.5 Å². The normalized spacial score (nSPS) is 15.9. The van der Waals surface area contributed by atoms with Gasteiger partial charge < -0.3 is 20.3 Å². The number of aryl methyl sites for hydroxylation is 1. The largest absolute Gasteiger partial charge is 0.494 e. The van der Waals surface area contributed by atoms with Gasteiger partial charge in [0.2, 0.25) is 11.8 Å². The predicted octanol–water partition coefficient (Wildman–Crippen LogP) is 2.97. The molecule has 190 valence electrons. The third-order valence-corrected chi connectivity index (χ3v) is 6.85. The molecule has 0 radical (unpaired) electrons. The van der Waals surface area contributed by atoms with Crippen LogP contribution in [-0.2, 0) is 16.0 Å². The molecule has 0 bridgehead atoms. The van der Waals surface area contributed by atoms with Gasteiger partial charge in [0.05, 0.1) is 6.61 Å². The lowest BCUT2D eigenvalue weighted by atomic mass is 9.95. The molecule has 0 aliphatic carbocycles. The molecule has 0 unspecified atom stereocenters. The fourth-order valence-corrected chi connectivity index (χ4v) is 4.76. The average Bonchev–Trinajstić information content (AvgIpc) is 2.90. The molecule has 9 heteroatoms. The Morgan fingerprint density at radius 3 is 2.42 bits per heavy atom. The van der Waals surface area contributed by atoms with Crippen molar-refractivity contribution >= 4 is 29.4 Å². The third-order valence-electron chi connectivity index (χ3n) is 6.85. The van der Waals surface area contributed by atoms with Crippen molar-refractivity contribution in [1.29, 1.82) is 0 Å². The lowest BCUT2D eigenvalue weighted by Gasteiger charge is -2.41. The standard InChI is InChI=1S/C27H32N4O5/c1-29(27(28)35)24(32)7-4-18-36-22-11-8-20(9-12-22)26(34)30-16-14-21(15-17-30)31-23-6-3-2-5-19(23)10-13-25(31)33/h2-3,5-6,8-9,11-12,21H,4,7,10,13-18H2,1H3,(H2,28,35). The van der Waals surface area contributed by atoms with Gasteiger partial charge in [-0.1, -0.05) is 18.2 Å². The number of primary amides is 1. The number of imide groups is 1. The molecule has 9 nitrogen and oxygen atoms in total. The Hall–Kier alpha value is -3.88. The Morgan fingerprint density at radius 1 is 1.03 bits per heavy atom. The smallest absolute Gasteiger partial charge is 0.321 e. The van der Waals surface area contributed by atoms with Crippen LogP contribution < -0.4 is 15.4 Å². The molecule has 2 heterocycles. The quantitative estimate of drug-likeness (QED) is 0.597. The average molecular weight is 493 g/mol. The molecule has 36 heavy (non-hydrogen) atoms. The number of benzene rings is 2. The summed E-state index contributed by atoms with van der Waals surface area (Å²) in [5, 5.41) is 0. The first-order chi connectivity index (χ1) is 17.3. The molecule has 2 aliphatic heterocycles. The maximum absolute atomic E-state index is 13.0. The maximum atomic E-state index is 13.0. The zero-order valence-electron chi connectivity index (χ0n) is 20.5. The number of anilines is 1. The number of urea groups is 1. The van der Waals surface area contributed by atoms with Gasteiger partial charge in [0.25, 0.3) is 5.91 Å². The van der Waals surface area contributed by atoms with E-state index < -0.39 is 6.03 Å². The van der Waals surface area contributed by atoms with Gasteiger partial charge in [0.1, 0.15) is 5.75 Å². The van der Waals surface area contributed by atoms with Crippen LogP contribution in [0.25, 0.3) is 0 Å². The molecule has 2 aliphatic rings. The van der Waals surface area contributed by atoms with Crippen LogP contribution in [0.2, 0.25) is 0 Å². The molecule has 2 N–H and O–H groups in total. The minimum atomic E-state index is -0.782. The lowest BCUT2D eigenvalue weighted by Crippen LogP contribution is -2.50. The number of hydrogen-bond acceptors (Lipinski definition) is 5. The number of amides is 5. The van der Waals surface area contributed by atoms with Gasteiger partial charge in [-0.05, 0) is 61.6 Å². The fourth-order valence-electron chi connectivity index (χ4n) is 4.76. The molecule has 0 atom stereocenters. The van der Waals surface area contributed by atoms with E-state index >= 15 is 0 Å². The minimum absolute atomic E-state index is 0.0366. The van der Waals surface area contributed by atoms with Crippen LogP contribution in [0.5, 0.6) is 5.75 Å². The summed E-state index contributed by atoms with van der Waals surface area (Å²) in [5.41, 5.74) is 7.88. The number of para-hydroxylation sites is 1. The van der Waals surface area contributed by atoms with Gasteiger partial charge in [-0.25, -0.2) is 4.79 Å². The summed E-state index contributed by atoms with van der Waals surface area (Å²) in [7, 11) is 1.34. The van der Waals surface area contributed by atoms with E-state index in [1.54, 1.807) is 24.3 Å². The fraction of sp³-hybridized carbons (Fsp3) is 0.407. The molecule has 5 amide bonds. The number of carbonyl (C=O) groups is 4. The lowest BCUT2D eigenvalue weighted by molar-refractivity contribution is -0.127. The number of nitrogens with two attached hydrogens (primary N) is 1. The van der Waals surface area contributed by atoms with Crippen LogP contribution in [-0.4, -0.2) is 66.3 Å². The van der Waals surface area contributed by atoms with Crippen LogP contribution in [0.3, 0.4) is 0 Å². The van der Waals surface area contributed by atoms with Gasteiger partial charge in [0, 0.05) is 50.3 Å². The monoisotopic (exact) mass is 492 g/mol. The molecule has 0 aromatic heterocycles. The van der Waals surface area contributed by atoms with Gasteiger partial charge in [-0.3, -0.25) is 19.3 Å². The summed E-state index contributed by atoms with van der Waals surface area (Å²) >= 11 is 0. The van der Waals surface area contributed by atoms with Crippen molar-refractivity contribution in [2.45, 2.75) is 44.6 Å². The Kier molecular flexibility index (Phi) is 7.87. The summed E-state index contributed by atoms with van der Waals surface area (Å²) < 4.78 is 5.65. The van der Waals surface area contributed by atoms with Gasteiger partial charge in [-0.2, -0.15) is 0 Å². The van der Waals surface area contributed by atoms with E-state index in [0.29, 0.717) is 43.9 Å². The number of fused-ring (bicyclic) bond motifs is 1. The Bertz CT molecular complexity index is 1130. The van der Waals surface area contributed by atoms with E-state index in [9.17, 15) is 19.2 Å². The van der Waals surface area contributed by atoms with Crippen molar-refractivity contribution in [2.24, 2.45) is 5.73 Å². The molecule has 0 saturated carbocycles. The number of likely N-dealkylation sites (tertiary alicyclic amines) is 1. The van der Waals surface area contributed by atoms with Crippen molar-refractivity contribution in [3.8, 4) is 5.75 Å². The molecule has 4 rings (SSSR count). The van der Waals surface area contributed by atoms with E-state index in [0.717, 1.165) is 29.8 Å². The predicted molar refractivity (Wildman–Crippen MR) is 135 cm³/mol. The van der Waals surface area contributed by atoms with Crippen molar-refractivity contribution in [3.05, 3.63) is 59.7 Å². The van der Waals surface area contributed by atoms with E-state index in [-0.39, 0.29) is 30.2 Å². The van der Waals surface area contributed by atoms with Crippen LogP contribution in [0.15, 0.2) is 48.5 Å². The summed E-state index contributed by atoms with van der Waals surface area (Å²) in [5.74, 6) is 0.372. The molecule has 1 saturated heterocycles. The maximum Gasteiger partial charge on any atom is 0.321 e. The highest BCUT2D eigenvalue weighted by Crippen LogP contribution is 2.32. The zero-order valence-corrected chi connectivity index (χ0v) is 20.5. The van der Waals surface area contributed by atoms with E-state index in [1.807, 2.05) is 28.0 Å². The van der Waals surface area contributed by atoms with Crippen LogP contribution in [0.4, 0.5) is 10.5 Å². The van der Waals surface area contributed by atoms with Crippen LogP contribution >= 0.6 is 0 Å². The summed E-state index contributed by atoms with van der Waals surface area (Å²) in [6.07, 6.45) is 3.41. The van der Waals surface area contributed by atoms with Crippen LogP contribution in [0.1, 0.15) is 48.0 Å².